The Morgan fingerprint density at radius 2 is 1.62 bits per heavy atom. The molecule has 1 atom stereocenters. The van der Waals surface area contributed by atoms with Gasteiger partial charge in [0.05, 0.1) is 13.7 Å². The lowest BCUT2D eigenvalue weighted by Gasteiger charge is -2.27. The van der Waals surface area contributed by atoms with Gasteiger partial charge >= 0.3 is 0 Å². The van der Waals surface area contributed by atoms with E-state index in [2.05, 4.69) is 39.9 Å². The highest BCUT2D eigenvalue weighted by atomic mass is 16.5. The molecule has 0 fully saturated rings. The van der Waals surface area contributed by atoms with Crippen molar-refractivity contribution in [3.05, 3.63) is 24.3 Å². The van der Waals surface area contributed by atoms with Crippen molar-refractivity contribution in [1.29, 1.82) is 0 Å². The molecule has 3 nitrogen and oxygen atoms in total. The predicted molar refractivity (Wildman–Crippen MR) is 89.2 cm³/mol. The molecular formula is C18H31NO2. The molecule has 0 radical (unpaired) electrons. The monoisotopic (exact) mass is 293 g/mol. The Balaban J connectivity index is 2.38. The molecular weight excluding hydrogens is 262 g/mol. The summed E-state index contributed by atoms with van der Waals surface area (Å²) >= 11 is 0. The Labute approximate surface area is 130 Å². The van der Waals surface area contributed by atoms with Gasteiger partial charge in [-0.15, -0.1) is 0 Å². The average Bonchev–Trinajstić information content (AvgIpc) is 2.41. The molecule has 0 aliphatic rings. The van der Waals surface area contributed by atoms with Gasteiger partial charge in [0.25, 0.3) is 0 Å². The summed E-state index contributed by atoms with van der Waals surface area (Å²) in [7, 11) is 1.67. The van der Waals surface area contributed by atoms with E-state index in [1.54, 1.807) is 7.11 Å². The molecule has 0 amide bonds. The van der Waals surface area contributed by atoms with Crippen LogP contribution in [0.3, 0.4) is 0 Å². The lowest BCUT2D eigenvalue weighted by atomic mass is 9.92. The van der Waals surface area contributed by atoms with Crippen molar-refractivity contribution < 1.29 is 9.47 Å². The summed E-state index contributed by atoms with van der Waals surface area (Å²) in [4.78, 5) is 0. The molecule has 0 saturated heterocycles. The Bertz CT molecular complexity index is 393. The van der Waals surface area contributed by atoms with Crippen LogP contribution in [0.1, 0.15) is 41.0 Å². The number of ether oxygens (including phenoxy) is 2. The van der Waals surface area contributed by atoms with Gasteiger partial charge in [-0.2, -0.15) is 0 Å². The molecule has 0 aromatic heterocycles. The maximum atomic E-state index is 5.83. The average molecular weight is 293 g/mol. The van der Waals surface area contributed by atoms with E-state index in [0.717, 1.165) is 31.1 Å². The van der Waals surface area contributed by atoms with Crippen LogP contribution in [0.5, 0.6) is 11.5 Å². The largest absolute Gasteiger partial charge is 0.497 e. The van der Waals surface area contributed by atoms with Crippen molar-refractivity contribution in [1.82, 2.24) is 5.32 Å². The standard InChI is InChI=1S/C18H31NO2/c1-14(2)15(13-19-18(3,4)5)11-12-21-17-9-7-16(20-6)8-10-17/h7-10,14-15,19H,11-13H2,1-6H3. The molecule has 0 aliphatic heterocycles. The minimum Gasteiger partial charge on any atom is -0.497 e. The Morgan fingerprint density at radius 1 is 1.05 bits per heavy atom. The van der Waals surface area contributed by atoms with Crippen molar-refractivity contribution in [3.63, 3.8) is 0 Å². The fourth-order valence-corrected chi connectivity index (χ4v) is 2.11. The van der Waals surface area contributed by atoms with E-state index in [0.29, 0.717) is 11.8 Å². The lowest BCUT2D eigenvalue weighted by Crippen LogP contribution is -2.40. The molecule has 0 heterocycles. The first-order valence-electron chi connectivity index (χ1n) is 7.83. The fourth-order valence-electron chi connectivity index (χ4n) is 2.11. The van der Waals surface area contributed by atoms with E-state index >= 15 is 0 Å². The van der Waals surface area contributed by atoms with Gasteiger partial charge < -0.3 is 14.8 Å². The van der Waals surface area contributed by atoms with Gasteiger partial charge in [0.2, 0.25) is 0 Å². The molecule has 0 aliphatic carbocycles. The normalized spacial score (nSPS) is 13.3. The van der Waals surface area contributed by atoms with Gasteiger partial charge in [-0.1, -0.05) is 13.8 Å². The Morgan fingerprint density at radius 3 is 2.10 bits per heavy atom. The first kappa shape index (κ1) is 17.8. The second-order valence-corrected chi connectivity index (χ2v) is 6.95. The second kappa shape index (κ2) is 8.28. The molecule has 3 heteroatoms. The van der Waals surface area contributed by atoms with Crippen molar-refractivity contribution >= 4 is 0 Å². The third-order valence-electron chi connectivity index (χ3n) is 3.65. The van der Waals surface area contributed by atoms with E-state index < -0.39 is 0 Å². The van der Waals surface area contributed by atoms with Gasteiger partial charge in [0.15, 0.2) is 0 Å². The number of benzene rings is 1. The number of methoxy groups -OCH3 is 1. The van der Waals surface area contributed by atoms with Crippen molar-refractivity contribution in [3.8, 4) is 11.5 Å². The Kier molecular flexibility index (Phi) is 7.03. The molecule has 0 bridgehead atoms. The van der Waals surface area contributed by atoms with E-state index in [9.17, 15) is 0 Å². The van der Waals surface area contributed by atoms with Crippen LogP contribution in [0.4, 0.5) is 0 Å². The summed E-state index contributed by atoms with van der Waals surface area (Å²) in [6, 6.07) is 7.76. The summed E-state index contributed by atoms with van der Waals surface area (Å²) in [6.45, 7) is 13.0. The van der Waals surface area contributed by atoms with Gasteiger partial charge in [0, 0.05) is 5.54 Å². The first-order valence-corrected chi connectivity index (χ1v) is 7.83. The summed E-state index contributed by atoms with van der Waals surface area (Å²) < 4.78 is 11.0. The maximum Gasteiger partial charge on any atom is 0.119 e. The molecule has 0 saturated carbocycles. The predicted octanol–water partition coefficient (Wildman–Crippen LogP) is 4.12. The molecule has 120 valence electrons. The summed E-state index contributed by atoms with van der Waals surface area (Å²) in [5.41, 5.74) is 0.171. The summed E-state index contributed by atoms with van der Waals surface area (Å²) in [6.07, 6.45) is 1.06. The van der Waals surface area contributed by atoms with Crippen molar-refractivity contribution in [2.75, 3.05) is 20.3 Å². The summed E-state index contributed by atoms with van der Waals surface area (Å²) in [5, 5.41) is 3.59. The lowest BCUT2D eigenvalue weighted by molar-refractivity contribution is 0.232. The van der Waals surface area contributed by atoms with Crippen LogP contribution in [-0.2, 0) is 0 Å². The second-order valence-electron chi connectivity index (χ2n) is 6.95. The number of hydrogen-bond acceptors (Lipinski definition) is 3. The van der Waals surface area contributed by atoms with E-state index in [1.165, 1.54) is 0 Å². The van der Waals surface area contributed by atoms with Crippen molar-refractivity contribution in [2.24, 2.45) is 11.8 Å². The minimum absolute atomic E-state index is 0.171. The van der Waals surface area contributed by atoms with Crippen LogP contribution in [0.15, 0.2) is 24.3 Å². The molecule has 1 N–H and O–H groups in total. The number of nitrogens with one attached hydrogen (secondary N) is 1. The molecule has 21 heavy (non-hydrogen) atoms. The number of hydrogen-bond donors (Lipinski definition) is 1. The highest BCUT2D eigenvalue weighted by Crippen LogP contribution is 2.19. The molecule has 1 unspecified atom stereocenters. The molecule has 1 aromatic carbocycles. The van der Waals surface area contributed by atoms with Crippen LogP contribution in [0, 0.1) is 11.8 Å². The van der Waals surface area contributed by atoms with Gasteiger partial charge in [0.1, 0.15) is 11.5 Å². The third-order valence-corrected chi connectivity index (χ3v) is 3.65. The van der Waals surface area contributed by atoms with E-state index in [-0.39, 0.29) is 5.54 Å². The quantitative estimate of drug-likeness (QED) is 0.782. The van der Waals surface area contributed by atoms with Crippen molar-refractivity contribution in [2.45, 2.75) is 46.6 Å². The zero-order chi connectivity index (χ0) is 15.9. The highest BCUT2D eigenvalue weighted by molar-refractivity contribution is 5.31. The van der Waals surface area contributed by atoms with Gasteiger partial charge in [-0.05, 0) is 69.8 Å². The third kappa shape index (κ3) is 7.37. The van der Waals surface area contributed by atoms with Crippen LogP contribution in [0.2, 0.25) is 0 Å². The SMILES string of the molecule is COc1ccc(OCCC(CNC(C)(C)C)C(C)C)cc1. The summed E-state index contributed by atoms with van der Waals surface area (Å²) in [5.74, 6) is 3.04. The fraction of sp³-hybridized carbons (Fsp3) is 0.667. The van der Waals surface area contributed by atoms with Crippen LogP contribution in [-0.4, -0.2) is 25.8 Å². The van der Waals surface area contributed by atoms with Crippen LogP contribution >= 0.6 is 0 Å². The zero-order valence-electron chi connectivity index (χ0n) is 14.4. The van der Waals surface area contributed by atoms with Gasteiger partial charge in [-0.25, -0.2) is 0 Å². The van der Waals surface area contributed by atoms with E-state index in [4.69, 9.17) is 9.47 Å². The maximum absolute atomic E-state index is 5.83. The van der Waals surface area contributed by atoms with Crippen LogP contribution in [0.25, 0.3) is 0 Å². The van der Waals surface area contributed by atoms with Gasteiger partial charge in [-0.3, -0.25) is 0 Å². The van der Waals surface area contributed by atoms with Crippen LogP contribution < -0.4 is 14.8 Å². The smallest absolute Gasteiger partial charge is 0.119 e. The molecule has 1 rings (SSSR count). The highest BCUT2D eigenvalue weighted by Gasteiger charge is 2.17. The Hall–Kier alpha value is -1.22. The van der Waals surface area contributed by atoms with E-state index in [1.807, 2.05) is 24.3 Å². The first-order chi connectivity index (χ1) is 9.81. The zero-order valence-corrected chi connectivity index (χ0v) is 14.4. The molecule has 0 spiro atoms. The minimum atomic E-state index is 0.171. The number of rotatable bonds is 8. The topological polar surface area (TPSA) is 30.5 Å². The molecule has 1 aromatic rings.